The number of aromatic nitrogens is 2. The first-order valence-corrected chi connectivity index (χ1v) is 10.6. The summed E-state index contributed by atoms with van der Waals surface area (Å²) in [5.41, 5.74) is 1.07. The number of hydrogen-bond donors (Lipinski definition) is 3. The van der Waals surface area contributed by atoms with E-state index in [-0.39, 0.29) is 0 Å². The molecule has 2 saturated carbocycles. The first kappa shape index (κ1) is 17.8. The molecule has 1 aromatic heterocycles. The van der Waals surface area contributed by atoms with Crippen LogP contribution >= 0.6 is 0 Å². The van der Waals surface area contributed by atoms with Crippen LogP contribution in [0.15, 0.2) is 6.20 Å². The fraction of sp³-hybridized carbons (Fsp3) is 0.800. The van der Waals surface area contributed by atoms with Crippen LogP contribution in [-0.4, -0.2) is 41.8 Å². The third kappa shape index (κ3) is 3.75. The van der Waals surface area contributed by atoms with Gasteiger partial charge in [-0.2, -0.15) is 4.98 Å². The average Bonchev–Trinajstić information content (AvgIpc) is 2.68. The van der Waals surface area contributed by atoms with Gasteiger partial charge in [0, 0.05) is 18.6 Å². The van der Waals surface area contributed by atoms with Gasteiger partial charge in [-0.3, -0.25) is 5.32 Å². The summed E-state index contributed by atoms with van der Waals surface area (Å²) >= 11 is 0. The maximum absolute atomic E-state index is 4.98. The monoisotopic (exact) mass is 358 g/mol. The van der Waals surface area contributed by atoms with E-state index in [1.54, 1.807) is 0 Å². The maximum Gasteiger partial charge on any atom is 0.224 e. The zero-order chi connectivity index (χ0) is 17.9. The molecule has 144 valence electrons. The summed E-state index contributed by atoms with van der Waals surface area (Å²) < 4.78 is 0. The fourth-order valence-corrected chi connectivity index (χ4v) is 4.84. The predicted molar refractivity (Wildman–Crippen MR) is 108 cm³/mol. The van der Waals surface area contributed by atoms with Crippen molar-refractivity contribution in [3.8, 4) is 0 Å². The van der Waals surface area contributed by atoms with Crippen LogP contribution in [-0.2, 0) is 0 Å². The summed E-state index contributed by atoms with van der Waals surface area (Å²) in [6.45, 7) is 3.28. The molecule has 6 heteroatoms. The number of fused-ring (bicyclic) bond motifs is 1. The minimum Gasteiger partial charge on any atom is -0.377 e. The van der Waals surface area contributed by atoms with Crippen molar-refractivity contribution in [3.63, 3.8) is 0 Å². The van der Waals surface area contributed by atoms with Crippen LogP contribution < -0.4 is 20.9 Å². The molecule has 0 spiro atoms. The smallest absolute Gasteiger partial charge is 0.224 e. The van der Waals surface area contributed by atoms with Gasteiger partial charge in [-0.1, -0.05) is 26.2 Å². The van der Waals surface area contributed by atoms with Gasteiger partial charge in [0.15, 0.2) is 5.82 Å². The zero-order valence-corrected chi connectivity index (χ0v) is 16.3. The van der Waals surface area contributed by atoms with Gasteiger partial charge in [-0.15, -0.1) is 0 Å². The Balaban J connectivity index is 1.57. The molecule has 1 unspecified atom stereocenters. The van der Waals surface area contributed by atoms with Gasteiger partial charge in [0.25, 0.3) is 0 Å². The number of anilines is 3. The molecule has 0 aromatic carbocycles. The first-order chi connectivity index (χ1) is 12.7. The van der Waals surface area contributed by atoms with E-state index in [9.17, 15) is 0 Å². The summed E-state index contributed by atoms with van der Waals surface area (Å²) in [6.07, 6.45) is 13.9. The minimum absolute atomic E-state index is 0.290. The summed E-state index contributed by atoms with van der Waals surface area (Å²) in [4.78, 5) is 12.1. The minimum atomic E-state index is 0.290. The van der Waals surface area contributed by atoms with Crippen molar-refractivity contribution in [3.05, 3.63) is 6.20 Å². The van der Waals surface area contributed by atoms with Gasteiger partial charge >= 0.3 is 0 Å². The highest BCUT2D eigenvalue weighted by Crippen LogP contribution is 2.36. The molecule has 0 amide bonds. The van der Waals surface area contributed by atoms with Crippen molar-refractivity contribution in [2.24, 2.45) is 5.92 Å². The summed E-state index contributed by atoms with van der Waals surface area (Å²) in [5, 5.41) is 10.6. The van der Waals surface area contributed by atoms with Crippen molar-refractivity contribution in [2.45, 2.75) is 83.0 Å². The van der Waals surface area contributed by atoms with Gasteiger partial charge < -0.3 is 15.5 Å². The summed E-state index contributed by atoms with van der Waals surface area (Å²) in [5.74, 6) is 2.72. The second kappa shape index (κ2) is 7.99. The highest BCUT2D eigenvalue weighted by atomic mass is 15.4. The average molecular weight is 359 g/mol. The lowest BCUT2D eigenvalue weighted by atomic mass is 9.86. The number of hydrogen-bond acceptors (Lipinski definition) is 6. The van der Waals surface area contributed by atoms with Crippen molar-refractivity contribution in [2.75, 3.05) is 29.1 Å². The molecule has 0 bridgehead atoms. The Morgan fingerprint density at radius 2 is 1.85 bits per heavy atom. The van der Waals surface area contributed by atoms with Crippen molar-refractivity contribution in [1.29, 1.82) is 0 Å². The van der Waals surface area contributed by atoms with E-state index in [0.717, 1.165) is 29.9 Å². The Kier molecular flexibility index (Phi) is 5.48. The molecule has 3 aliphatic rings. The molecule has 1 atom stereocenters. The Labute approximate surface area is 157 Å². The molecule has 2 aliphatic carbocycles. The highest BCUT2D eigenvalue weighted by molar-refractivity contribution is 5.69. The second-order valence-corrected chi connectivity index (χ2v) is 8.42. The van der Waals surface area contributed by atoms with E-state index in [0.29, 0.717) is 18.2 Å². The van der Waals surface area contributed by atoms with Crippen molar-refractivity contribution >= 4 is 17.5 Å². The standard InChI is InChI=1S/C20H34N6/c1-14-8-10-16(11-9-14)26-18(21-2)13-22-17-12-23-20(25-19(17)26)24-15-6-4-3-5-7-15/h12,14-16,18,21-22H,3-11,13H2,1-2H3,(H,23,24,25). The number of nitrogens with one attached hydrogen (secondary N) is 3. The quantitative estimate of drug-likeness (QED) is 0.765. The van der Waals surface area contributed by atoms with Crippen LogP contribution in [0.1, 0.15) is 64.7 Å². The van der Waals surface area contributed by atoms with Crippen LogP contribution in [0.4, 0.5) is 17.5 Å². The van der Waals surface area contributed by atoms with Gasteiger partial charge in [0.2, 0.25) is 5.95 Å². The fourth-order valence-electron chi connectivity index (χ4n) is 4.84. The summed E-state index contributed by atoms with van der Waals surface area (Å²) in [6, 6.07) is 1.10. The Hall–Kier alpha value is -1.56. The molecule has 26 heavy (non-hydrogen) atoms. The SMILES string of the molecule is CNC1CNc2cnc(NC3CCCCC3)nc2N1C1CCC(C)CC1. The molecule has 1 aromatic rings. The normalized spacial score (nSPS) is 29.8. The molecule has 3 N–H and O–H groups in total. The lowest BCUT2D eigenvalue weighted by molar-refractivity contribution is 0.311. The molecule has 2 heterocycles. The molecule has 4 rings (SSSR count). The van der Waals surface area contributed by atoms with E-state index in [4.69, 9.17) is 4.98 Å². The van der Waals surface area contributed by atoms with Crippen LogP contribution in [0, 0.1) is 5.92 Å². The molecule has 0 radical (unpaired) electrons. The highest BCUT2D eigenvalue weighted by Gasteiger charge is 2.34. The summed E-state index contributed by atoms with van der Waals surface area (Å²) in [7, 11) is 2.05. The van der Waals surface area contributed by atoms with Crippen LogP contribution in [0.5, 0.6) is 0 Å². The number of nitrogens with zero attached hydrogens (tertiary/aromatic N) is 3. The molecular formula is C20H34N6. The van der Waals surface area contributed by atoms with Gasteiger partial charge in [-0.25, -0.2) is 4.98 Å². The topological polar surface area (TPSA) is 65.1 Å². The lowest BCUT2D eigenvalue weighted by Crippen LogP contribution is -2.56. The second-order valence-electron chi connectivity index (χ2n) is 8.42. The molecule has 1 aliphatic heterocycles. The molecule has 6 nitrogen and oxygen atoms in total. The Morgan fingerprint density at radius 1 is 1.08 bits per heavy atom. The van der Waals surface area contributed by atoms with Crippen molar-refractivity contribution in [1.82, 2.24) is 15.3 Å². The van der Waals surface area contributed by atoms with Crippen LogP contribution in [0.2, 0.25) is 0 Å². The van der Waals surface area contributed by atoms with Gasteiger partial charge in [0.05, 0.1) is 18.1 Å². The third-order valence-corrected chi connectivity index (χ3v) is 6.49. The first-order valence-electron chi connectivity index (χ1n) is 10.6. The van der Waals surface area contributed by atoms with E-state index in [1.807, 2.05) is 6.20 Å². The molecule has 0 saturated heterocycles. The van der Waals surface area contributed by atoms with Gasteiger partial charge in [0.1, 0.15) is 0 Å². The predicted octanol–water partition coefficient (Wildman–Crippen LogP) is 3.58. The van der Waals surface area contributed by atoms with Crippen LogP contribution in [0.25, 0.3) is 0 Å². The molecule has 2 fully saturated rings. The Bertz CT molecular complexity index is 592. The van der Waals surface area contributed by atoms with Crippen LogP contribution in [0.3, 0.4) is 0 Å². The number of likely N-dealkylation sites (N-methyl/N-ethyl adjacent to an activating group) is 1. The number of rotatable bonds is 4. The van der Waals surface area contributed by atoms with Crippen molar-refractivity contribution < 1.29 is 0 Å². The third-order valence-electron chi connectivity index (χ3n) is 6.49. The lowest BCUT2D eigenvalue weighted by Gasteiger charge is -2.45. The van der Waals surface area contributed by atoms with E-state index in [1.165, 1.54) is 57.8 Å². The largest absolute Gasteiger partial charge is 0.377 e. The molecular weight excluding hydrogens is 324 g/mol. The van der Waals surface area contributed by atoms with Gasteiger partial charge in [-0.05, 0) is 51.5 Å². The van der Waals surface area contributed by atoms with E-state index >= 15 is 0 Å². The zero-order valence-electron chi connectivity index (χ0n) is 16.3. The van der Waals surface area contributed by atoms with E-state index in [2.05, 4.69) is 39.8 Å². The van der Waals surface area contributed by atoms with E-state index < -0.39 is 0 Å². The Morgan fingerprint density at radius 3 is 2.58 bits per heavy atom. The maximum atomic E-state index is 4.98.